The lowest BCUT2D eigenvalue weighted by atomic mass is 10.0. The predicted octanol–water partition coefficient (Wildman–Crippen LogP) is 15.8. The summed E-state index contributed by atoms with van der Waals surface area (Å²) in [6.45, 7) is 0. The molecule has 5 heterocycles. The first kappa shape index (κ1) is 34.0. The number of fused-ring (bicyclic) bond motifs is 13. The number of thiophene rings is 2. The molecule has 5 nitrogen and oxygen atoms in total. The summed E-state index contributed by atoms with van der Waals surface area (Å²) >= 11 is 3.59. The van der Waals surface area contributed by atoms with Crippen LogP contribution in [-0.2, 0) is 0 Å². The van der Waals surface area contributed by atoms with Crippen LogP contribution < -0.4 is 0 Å². The highest BCUT2D eigenvalue weighted by Gasteiger charge is 2.22. The molecule has 14 rings (SSSR count). The SMILES string of the molecule is c1ccc2cc3c(cc2c1)c1ccccc1n3-c1cc(-c2nc(-c3ccc4c(c3)sc3ccccc34)nc(-c3ccc4c(c3)sc3ccccc34)n2)c2c(c1)oc1ccccc12. The van der Waals surface area contributed by atoms with Gasteiger partial charge in [0.15, 0.2) is 17.5 Å². The fourth-order valence-corrected chi connectivity index (χ4v) is 11.9. The average Bonchev–Trinajstić information content (AvgIpc) is 4.08. The summed E-state index contributed by atoms with van der Waals surface area (Å²) in [6, 6.07) is 64.9. The normalized spacial score (nSPS) is 12.2. The van der Waals surface area contributed by atoms with E-state index in [4.69, 9.17) is 19.4 Å². The zero-order valence-corrected chi connectivity index (χ0v) is 34.5. The van der Waals surface area contributed by atoms with Crippen LogP contribution in [0.5, 0.6) is 0 Å². The van der Waals surface area contributed by atoms with Gasteiger partial charge in [0.25, 0.3) is 0 Å². The molecule has 0 bridgehead atoms. The Bertz CT molecular complexity index is 4060. The molecule has 0 aliphatic heterocycles. The Morgan fingerprint density at radius 3 is 1.61 bits per heavy atom. The molecule has 0 fully saturated rings. The minimum atomic E-state index is 0.586. The summed E-state index contributed by atoms with van der Waals surface area (Å²) in [7, 11) is 0. The van der Waals surface area contributed by atoms with Crippen molar-refractivity contribution in [3.8, 4) is 39.9 Å². The fraction of sp³-hybridized carbons (Fsp3) is 0. The van der Waals surface area contributed by atoms with Gasteiger partial charge in [-0.2, -0.15) is 0 Å². The number of benzene rings is 9. The summed E-state index contributed by atoms with van der Waals surface area (Å²) in [6.07, 6.45) is 0. The quantitative estimate of drug-likeness (QED) is 0.177. The lowest BCUT2D eigenvalue weighted by molar-refractivity contribution is 0.668. The zero-order valence-electron chi connectivity index (χ0n) is 32.8. The third-order valence-electron chi connectivity index (χ3n) is 12.4. The molecule has 0 radical (unpaired) electrons. The van der Waals surface area contributed by atoms with Crippen LogP contribution in [0.4, 0.5) is 0 Å². The number of hydrogen-bond acceptors (Lipinski definition) is 6. The number of nitrogens with zero attached hydrogens (tertiary/aromatic N) is 4. The Balaban J connectivity index is 1.06. The van der Waals surface area contributed by atoms with Crippen LogP contribution in [0.25, 0.3) is 135 Å². The molecule has 0 unspecified atom stereocenters. The standard InChI is InChI=1S/C55H30N4OS2/c1-2-12-32-26-45-42(25-31(32)11-1)36-13-3-7-17-44(36)59(45)35-29-43(52-41-16-4-8-18-46(41)60-47(52)30-35)55-57-53(33-21-23-39-37-14-5-9-19-48(37)61-50(39)27-33)56-54(58-55)34-22-24-40-38-15-6-10-20-49(38)62-51(40)28-34/h1-30H. The molecule has 288 valence electrons. The summed E-state index contributed by atoms with van der Waals surface area (Å²) in [5.41, 5.74) is 7.55. The van der Waals surface area contributed by atoms with E-state index in [-0.39, 0.29) is 0 Å². The topological polar surface area (TPSA) is 56.7 Å². The lowest BCUT2D eigenvalue weighted by Gasteiger charge is -2.13. The van der Waals surface area contributed by atoms with Crippen LogP contribution in [-0.4, -0.2) is 19.5 Å². The van der Waals surface area contributed by atoms with E-state index in [1.165, 1.54) is 61.9 Å². The number of hydrogen-bond donors (Lipinski definition) is 0. The monoisotopic (exact) mass is 826 g/mol. The Morgan fingerprint density at radius 2 is 0.919 bits per heavy atom. The second-order valence-electron chi connectivity index (χ2n) is 16.0. The molecule has 5 aromatic heterocycles. The van der Waals surface area contributed by atoms with Crippen molar-refractivity contribution in [1.82, 2.24) is 19.5 Å². The number of aromatic nitrogens is 4. The highest BCUT2D eigenvalue weighted by molar-refractivity contribution is 7.26. The van der Waals surface area contributed by atoms with Gasteiger partial charge in [-0.15, -0.1) is 22.7 Å². The number of para-hydroxylation sites is 2. The minimum Gasteiger partial charge on any atom is -0.456 e. The number of rotatable bonds is 4. The Morgan fingerprint density at radius 1 is 0.371 bits per heavy atom. The molecule has 0 aliphatic carbocycles. The first-order chi connectivity index (χ1) is 30.7. The van der Waals surface area contributed by atoms with E-state index in [1.807, 2.05) is 12.1 Å². The molecular weight excluding hydrogens is 797 g/mol. The Kier molecular flexibility index (Phi) is 7.08. The van der Waals surface area contributed by atoms with Gasteiger partial charge in [0, 0.05) is 84.6 Å². The second kappa shape index (κ2) is 12.9. The van der Waals surface area contributed by atoms with Crippen LogP contribution in [0.1, 0.15) is 0 Å². The van der Waals surface area contributed by atoms with Gasteiger partial charge in [0.1, 0.15) is 11.2 Å². The smallest absolute Gasteiger partial charge is 0.164 e. The van der Waals surface area contributed by atoms with E-state index >= 15 is 0 Å². The van der Waals surface area contributed by atoms with E-state index in [1.54, 1.807) is 22.7 Å². The maximum absolute atomic E-state index is 6.75. The van der Waals surface area contributed by atoms with Crippen LogP contribution in [0.2, 0.25) is 0 Å². The molecule has 0 saturated carbocycles. The molecule has 0 N–H and O–H groups in total. The zero-order chi connectivity index (χ0) is 40.5. The first-order valence-electron chi connectivity index (χ1n) is 20.7. The molecule has 0 atom stereocenters. The minimum absolute atomic E-state index is 0.586. The van der Waals surface area contributed by atoms with Gasteiger partial charge in [-0.1, -0.05) is 121 Å². The van der Waals surface area contributed by atoms with Crippen molar-refractivity contribution in [3.05, 3.63) is 182 Å². The fourth-order valence-electron chi connectivity index (χ4n) is 9.56. The molecule has 0 spiro atoms. The first-order valence-corrected chi connectivity index (χ1v) is 22.3. The molecular formula is C55H30N4OS2. The van der Waals surface area contributed by atoms with Crippen LogP contribution in [0.15, 0.2) is 186 Å². The van der Waals surface area contributed by atoms with E-state index in [0.717, 1.165) is 55.3 Å². The van der Waals surface area contributed by atoms with Crippen LogP contribution in [0.3, 0.4) is 0 Å². The van der Waals surface area contributed by atoms with Gasteiger partial charge in [-0.05, 0) is 65.4 Å². The molecule has 0 saturated heterocycles. The molecule has 7 heteroatoms. The van der Waals surface area contributed by atoms with Crippen LogP contribution in [0, 0.1) is 0 Å². The average molecular weight is 827 g/mol. The third kappa shape index (κ3) is 5.03. The summed E-state index contributed by atoms with van der Waals surface area (Å²) in [5.74, 6) is 1.83. The van der Waals surface area contributed by atoms with Gasteiger partial charge in [0.2, 0.25) is 0 Å². The Labute approximate surface area is 361 Å². The van der Waals surface area contributed by atoms with Gasteiger partial charge < -0.3 is 8.98 Å². The highest BCUT2D eigenvalue weighted by Crippen LogP contribution is 2.43. The maximum atomic E-state index is 6.75. The van der Waals surface area contributed by atoms with E-state index < -0.39 is 0 Å². The van der Waals surface area contributed by atoms with Gasteiger partial charge in [-0.25, -0.2) is 15.0 Å². The molecule has 0 amide bonds. The largest absolute Gasteiger partial charge is 0.456 e. The van der Waals surface area contributed by atoms with Crippen molar-refractivity contribution in [2.24, 2.45) is 0 Å². The third-order valence-corrected chi connectivity index (χ3v) is 14.7. The molecule has 62 heavy (non-hydrogen) atoms. The van der Waals surface area contributed by atoms with E-state index in [0.29, 0.717) is 17.5 Å². The number of furan rings is 1. The van der Waals surface area contributed by atoms with Gasteiger partial charge in [-0.3, -0.25) is 0 Å². The van der Waals surface area contributed by atoms with Gasteiger partial charge >= 0.3 is 0 Å². The summed E-state index contributed by atoms with van der Waals surface area (Å²) in [4.78, 5) is 16.1. The molecule has 14 aromatic rings. The van der Waals surface area contributed by atoms with Crippen molar-refractivity contribution >= 4 is 118 Å². The predicted molar refractivity (Wildman–Crippen MR) is 261 cm³/mol. The maximum Gasteiger partial charge on any atom is 0.164 e. The second-order valence-corrected chi connectivity index (χ2v) is 18.1. The van der Waals surface area contributed by atoms with Crippen molar-refractivity contribution in [1.29, 1.82) is 0 Å². The summed E-state index contributed by atoms with van der Waals surface area (Å²) < 4.78 is 14.0. The van der Waals surface area contributed by atoms with Crippen molar-refractivity contribution < 1.29 is 4.42 Å². The van der Waals surface area contributed by atoms with E-state index in [2.05, 4.69) is 174 Å². The van der Waals surface area contributed by atoms with Crippen molar-refractivity contribution in [2.45, 2.75) is 0 Å². The van der Waals surface area contributed by atoms with Crippen LogP contribution >= 0.6 is 22.7 Å². The molecule has 9 aromatic carbocycles. The summed E-state index contributed by atoms with van der Waals surface area (Å²) in [5, 5.41) is 11.8. The van der Waals surface area contributed by atoms with Crippen molar-refractivity contribution in [3.63, 3.8) is 0 Å². The van der Waals surface area contributed by atoms with Crippen molar-refractivity contribution in [2.75, 3.05) is 0 Å². The van der Waals surface area contributed by atoms with Gasteiger partial charge in [0.05, 0.1) is 16.7 Å². The van der Waals surface area contributed by atoms with E-state index in [9.17, 15) is 0 Å². The Hall–Kier alpha value is -7.71. The highest BCUT2D eigenvalue weighted by atomic mass is 32.1. The molecule has 0 aliphatic rings. The lowest BCUT2D eigenvalue weighted by Crippen LogP contribution is -2.01.